The fourth-order valence-corrected chi connectivity index (χ4v) is 4.37. The van der Waals surface area contributed by atoms with Gasteiger partial charge in [-0.15, -0.1) is 10.2 Å². The number of anilines is 1. The zero-order chi connectivity index (χ0) is 21.8. The van der Waals surface area contributed by atoms with Gasteiger partial charge in [0.25, 0.3) is 0 Å². The molecule has 0 bridgehead atoms. The van der Waals surface area contributed by atoms with E-state index in [4.69, 9.17) is 0 Å². The molecule has 2 heterocycles. The molecule has 158 valence electrons. The van der Waals surface area contributed by atoms with E-state index in [1.165, 1.54) is 0 Å². The second-order valence-electron chi connectivity index (χ2n) is 9.31. The van der Waals surface area contributed by atoms with Gasteiger partial charge in [0.05, 0.1) is 5.69 Å². The lowest BCUT2D eigenvalue weighted by Gasteiger charge is -2.49. The van der Waals surface area contributed by atoms with Crippen LogP contribution in [0.1, 0.15) is 67.0 Å². The molecule has 0 radical (unpaired) electrons. The summed E-state index contributed by atoms with van der Waals surface area (Å²) in [6, 6.07) is 4.54. The third-order valence-corrected chi connectivity index (χ3v) is 5.52. The van der Waals surface area contributed by atoms with Crippen LogP contribution in [0.3, 0.4) is 0 Å². The van der Waals surface area contributed by atoms with Crippen LogP contribution in [-0.4, -0.2) is 40.1 Å². The third kappa shape index (κ3) is 6.10. The van der Waals surface area contributed by atoms with Crippen molar-refractivity contribution in [2.24, 2.45) is 4.99 Å². The zero-order valence-electron chi connectivity index (χ0n) is 19.4. The summed E-state index contributed by atoms with van der Waals surface area (Å²) < 4.78 is 0. The SMILES string of the molecule is C=C\N=C(C)/C(=C\C)/C=C(\C)c1ccc(N(C)C2CC(C)(C)NC(C)(C)C2)nn1. The minimum absolute atomic E-state index is 0.0983. The minimum atomic E-state index is 0.0983. The molecule has 1 N–H and O–H groups in total. The molecule has 0 aliphatic carbocycles. The number of nitrogens with zero attached hydrogens (tertiary/aromatic N) is 4. The number of hydrogen-bond acceptors (Lipinski definition) is 5. The fourth-order valence-electron chi connectivity index (χ4n) is 4.37. The quantitative estimate of drug-likeness (QED) is 0.533. The van der Waals surface area contributed by atoms with E-state index in [1.807, 2.05) is 19.9 Å². The van der Waals surface area contributed by atoms with Crippen molar-refractivity contribution in [3.63, 3.8) is 0 Å². The predicted molar refractivity (Wildman–Crippen MR) is 125 cm³/mol. The summed E-state index contributed by atoms with van der Waals surface area (Å²) in [7, 11) is 2.13. The highest BCUT2D eigenvalue weighted by Gasteiger charge is 2.39. The van der Waals surface area contributed by atoms with Gasteiger partial charge in [0.1, 0.15) is 0 Å². The molecule has 1 aromatic rings. The molecule has 0 atom stereocenters. The summed E-state index contributed by atoms with van der Waals surface area (Å²) in [4.78, 5) is 6.55. The predicted octanol–water partition coefficient (Wildman–Crippen LogP) is 5.18. The topological polar surface area (TPSA) is 53.4 Å². The van der Waals surface area contributed by atoms with E-state index in [2.05, 4.69) is 91.9 Å². The van der Waals surface area contributed by atoms with Crippen molar-refractivity contribution >= 4 is 17.1 Å². The molecule has 1 fully saturated rings. The first kappa shape index (κ1) is 23.0. The van der Waals surface area contributed by atoms with Crippen molar-refractivity contribution in [1.82, 2.24) is 15.5 Å². The normalized spacial score (nSPS) is 20.5. The number of aliphatic imine (C=N–C) groups is 1. The van der Waals surface area contributed by atoms with Gasteiger partial charge in [0, 0.05) is 36.1 Å². The van der Waals surface area contributed by atoms with Crippen LogP contribution in [-0.2, 0) is 0 Å². The lowest BCUT2D eigenvalue weighted by Crippen LogP contribution is -2.62. The molecule has 0 saturated carbocycles. The van der Waals surface area contributed by atoms with Crippen molar-refractivity contribution in [2.45, 2.75) is 78.4 Å². The molecule has 1 aliphatic rings. The van der Waals surface area contributed by atoms with Crippen molar-refractivity contribution in [3.8, 4) is 0 Å². The van der Waals surface area contributed by atoms with Crippen LogP contribution in [0.2, 0.25) is 0 Å². The van der Waals surface area contributed by atoms with E-state index in [-0.39, 0.29) is 11.1 Å². The monoisotopic (exact) mass is 395 g/mol. The molecule has 0 amide bonds. The summed E-state index contributed by atoms with van der Waals surface area (Å²) >= 11 is 0. The van der Waals surface area contributed by atoms with Gasteiger partial charge in [-0.05, 0) is 90.7 Å². The molecular weight excluding hydrogens is 358 g/mol. The van der Waals surface area contributed by atoms with Gasteiger partial charge in [-0.25, -0.2) is 0 Å². The van der Waals surface area contributed by atoms with Gasteiger partial charge in [0.2, 0.25) is 0 Å². The number of hydrogen-bond donors (Lipinski definition) is 1. The Balaban J connectivity index is 2.20. The summed E-state index contributed by atoms with van der Waals surface area (Å²) in [5, 5.41) is 12.8. The van der Waals surface area contributed by atoms with E-state index in [0.29, 0.717) is 6.04 Å². The average Bonchev–Trinajstić information content (AvgIpc) is 2.63. The zero-order valence-corrected chi connectivity index (χ0v) is 19.4. The molecule has 0 spiro atoms. The summed E-state index contributed by atoms with van der Waals surface area (Å²) in [6.45, 7) is 18.8. The minimum Gasteiger partial charge on any atom is -0.355 e. The second-order valence-corrected chi connectivity index (χ2v) is 9.31. The summed E-state index contributed by atoms with van der Waals surface area (Å²) in [5.74, 6) is 0.913. The summed E-state index contributed by atoms with van der Waals surface area (Å²) in [6.07, 6.45) is 7.84. The molecule has 1 aromatic heterocycles. The van der Waals surface area contributed by atoms with Gasteiger partial charge < -0.3 is 10.2 Å². The molecule has 1 aliphatic heterocycles. The largest absolute Gasteiger partial charge is 0.355 e. The average molecular weight is 396 g/mol. The van der Waals surface area contributed by atoms with Crippen LogP contribution >= 0.6 is 0 Å². The van der Waals surface area contributed by atoms with Gasteiger partial charge in [-0.3, -0.25) is 4.99 Å². The number of nitrogens with one attached hydrogen (secondary N) is 1. The maximum absolute atomic E-state index is 4.53. The molecule has 0 unspecified atom stereocenters. The van der Waals surface area contributed by atoms with E-state index in [1.54, 1.807) is 6.20 Å². The van der Waals surface area contributed by atoms with Crippen LogP contribution in [0.4, 0.5) is 5.82 Å². The number of allylic oxidation sites excluding steroid dienone is 4. The Morgan fingerprint density at radius 2 is 1.79 bits per heavy atom. The van der Waals surface area contributed by atoms with Crippen LogP contribution in [0, 0.1) is 0 Å². The number of rotatable bonds is 6. The molecule has 1 saturated heterocycles. The van der Waals surface area contributed by atoms with Crippen LogP contribution in [0.25, 0.3) is 5.57 Å². The van der Waals surface area contributed by atoms with Gasteiger partial charge in [-0.2, -0.15) is 0 Å². The fraction of sp³-hybridized carbons (Fsp3) is 0.542. The Morgan fingerprint density at radius 1 is 1.17 bits per heavy atom. The van der Waals surface area contributed by atoms with E-state index in [9.17, 15) is 0 Å². The van der Waals surface area contributed by atoms with Crippen molar-refractivity contribution in [1.29, 1.82) is 0 Å². The number of piperidine rings is 1. The molecule has 0 aromatic carbocycles. The number of aromatic nitrogens is 2. The smallest absolute Gasteiger partial charge is 0.151 e. The Labute approximate surface area is 176 Å². The Morgan fingerprint density at radius 3 is 2.28 bits per heavy atom. The standard InChI is InChI=1S/C24H37N5/c1-10-19(18(4)25-11-2)14-17(3)21-12-13-22(27-26-21)29(9)20-15-23(5,6)28-24(7,8)16-20/h10-14,20,28H,2,15-16H2,1,3-9H3/b17-14+,19-10-,25-18-. The first-order chi connectivity index (χ1) is 13.5. The van der Waals surface area contributed by atoms with Crippen molar-refractivity contribution in [2.75, 3.05) is 11.9 Å². The highest BCUT2D eigenvalue weighted by atomic mass is 15.3. The van der Waals surface area contributed by atoms with Crippen molar-refractivity contribution in [3.05, 3.63) is 48.3 Å². The van der Waals surface area contributed by atoms with Gasteiger partial charge in [-0.1, -0.05) is 12.7 Å². The Kier molecular flexibility index (Phi) is 7.17. The lowest BCUT2D eigenvalue weighted by molar-refractivity contribution is 0.160. The maximum atomic E-state index is 4.53. The molecule has 2 rings (SSSR count). The first-order valence-electron chi connectivity index (χ1n) is 10.3. The Hall–Kier alpha value is -2.27. The molecular formula is C24H37N5. The van der Waals surface area contributed by atoms with Crippen LogP contribution in [0.15, 0.2) is 47.6 Å². The van der Waals surface area contributed by atoms with E-state index < -0.39 is 0 Å². The van der Waals surface area contributed by atoms with Crippen LogP contribution < -0.4 is 10.2 Å². The van der Waals surface area contributed by atoms with Gasteiger partial charge in [0.15, 0.2) is 5.82 Å². The van der Waals surface area contributed by atoms with Crippen molar-refractivity contribution < 1.29 is 0 Å². The third-order valence-electron chi connectivity index (χ3n) is 5.52. The van der Waals surface area contributed by atoms with E-state index in [0.717, 1.165) is 41.2 Å². The lowest BCUT2D eigenvalue weighted by atomic mass is 9.79. The van der Waals surface area contributed by atoms with Gasteiger partial charge >= 0.3 is 0 Å². The van der Waals surface area contributed by atoms with E-state index >= 15 is 0 Å². The summed E-state index contributed by atoms with van der Waals surface area (Å²) in [5.41, 5.74) is 4.12. The molecule has 5 heteroatoms. The second kappa shape index (κ2) is 9.04. The molecule has 29 heavy (non-hydrogen) atoms. The highest BCUT2D eigenvalue weighted by Crippen LogP contribution is 2.32. The highest BCUT2D eigenvalue weighted by molar-refractivity contribution is 6.02. The molecule has 5 nitrogen and oxygen atoms in total. The Bertz CT molecular complexity index is 796. The maximum Gasteiger partial charge on any atom is 0.151 e. The van der Waals surface area contributed by atoms with Crippen LogP contribution in [0.5, 0.6) is 0 Å². The first-order valence-corrected chi connectivity index (χ1v) is 10.3.